The number of hydrogen-bond acceptors (Lipinski definition) is 6. The minimum Gasteiger partial charge on any atom is -0.382 e. The lowest BCUT2D eigenvalue weighted by atomic mass is 9.99. The van der Waals surface area contributed by atoms with E-state index in [4.69, 9.17) is 0 Å². The lowest BCUT2D eigenvalue weighted by molar-refractivity contribution is 0.0516. The molecule has 12 heteroatoms. The number of nitrogens with one attached hydrogen (secondary N) is 2. The normalized spacial score (nSPS) is 17.9. The molecule has 0 bridgehead atoms. The number of nitrogens with zero attached hydrogens (tertiary/aromatic N) is 3. The first-order valence-electron chi connectivity index (χ1n) is 13.6. The van der Waals surface area contributed by atoms with Crippen LogP contribution in [0.4, 0.5) is 28.9 Å². The number of aromatic amines is 1. The van der Waals surface area contributed by atoms with Crippen LogP contribution in [0.15, 0.2) is 40.2 Å². The van der Waals surface area contributed by atoms with E-state index in [1.165, 1.54) is 11.1 Å². The average molecular weight is 582 g/mol. The first kappa shape index (κ1) is 27.8. The highest BCUT2D eigenvalue weighted by Gasteiger charge is 2.42. The van der Waals surface area contributed by atoms with Crippen LogP contribution in [0.3, 0.4) is 0 Å². The molecule has 3 aliphatic heterocycles. The van der Waals surface area contributed by atoms with Gasteiger partial charge in [-0.05, 0) is 70.1 Å². The van der Waals surface area contributed by atoms with Crippen LogP contribution in [-0.2, 0) is 12.8 Å². The van der Waals surface area contributed by atoms with Crippen LogP contribution < -0.4 is 10.9 Å². The summed E-state index contributed by atoms with van der Waals surface area (Å²) in [5.41, 5.74) is 1.34. The largest absolute Gasteiger partial charge is 0.382 e. The van der Waals surface area contributed by atoms with E-state index in [1.54, 1.807) is 25.1 Å². The number of aromatic nitrogens is 1. The molecule has 2 amide bonds. The van der Waals surface area contributed by atoms with Crippen LogP contribution in [0.25, 0.3) is 0 Å². The zero-order chi connectivity index (χ0) is 29.9. The fraction of sp³-hybridized carbons (Fsp3) is 0.333. The van der Waals surface area contributed by atoms with Crippen molar-refractivity contribution in [2.75, 3.05) is 25.5 Å². The van der Waals surface area contributed by atoms with Gasteiger partial charge in [-0.25, -0.2) is 17.6 Å². The Morgan fingerprint density at radius 3 is 2.31 bits per heavy atom. The van der Waals surface area contributed by atoms with Crippen LogP contribution in [0, 0.1) is 23.3 Å². The maximum atomic E-state index is 14.2. The Morgan fingerprint density at radius 2 is 1.64 bits per heavy atom. The zero-order valence-corrected chi connectivity index (χ0v) is 22.9. The van der Waals surface area contributed by atoms with E-state index in [-0.39, 0.29) is 41.5 Å². The summed E-state index contributed by atoms with van der Waals surface area (Å²) < 4.78 is 55.9. The van der Waals surface area contributed by atoms with Gasteiger partial charge >= 0.3 is 0 Å². The quantitative estimate of drug-likeness (QED) is 0.257. The highest BCUT2D eigenvalue weighted by Crippen LogP contribution is 2.37. The van der Waals surface area contributed by atoms with Gasteiger partial charge < -0.3 is 15.2 Å². The number of hydrogen-bond donors (Lipinski definition) is 2. The number of carbonyl (C=O) groups is 2. The van der Waals surface area contributed by atoms with Crippen molar-refractivity contribution in [2.45, 2.75) is 44.7 Å². The molecule has 0 spiro atoms. The van der Waals surface area contributed by atoms with Crippen LogP contribution in [0.2, 0.25) is 0 Å². The standard InChI is InChI=1S/C30H27F4N5O3/c1-14(9-19-26(33)20(31)13-21(32)27(19)34)36-22-3-6-35-28(40)25(22)24-11-15-10-17-18(12-23(15)37-24)30(42)39(29(17)41)16-4-7-38(2)8-5-16/h3,6,10,12-14,16H,4-5,7-9,11H2,1-2H3,(H2,35,36,40)/t14-/m0/s1. The molecule has 3 aliphatic rings. The fourth-order valence-corrected chi connectivity index (χ4v) is 5.99. The minimum atomic E-state index is -1.50. The smallest absolute Gasteiger partial charge is 0.261 e. The summed E-state index contributed by atoms with van der Waals surface area (Å²) in [5, 5.41) is 3.00. The lowest BCUT2D eigenvalue weighted by Crippen LogP contribution is -2.46. The number of aliphatic imine (C=N–C) groups is 1. The van der Waals surface area contributed by atoms with Crippen LogP contribution in [0.5, 0.6) is 0 Å². The number of H-pyrrole nitrogens is 1. The molecule has 0 radical (unpaired) electrons. The van der Waals surface area contributed by atoms with Crippen molar-refractivity contribution in [1.29, 1.82) is 0 Å². The Bertz CT molecular complexity index is 1700. The number of rotatable bonds is 6. The zero-order valence-electron chi connectivity index (χ0n) is 22.9. The number of anilines is 1. The second-order valence-corrected chi connectivity index (χ2v) is 11.1. The fourth-order valence-electron chi connectivity index (χ4n) is 5.99. The van der Waals surface area contributed by atoms with Crippen LogP contribution in [-0.4, -0.2) is 64.5 Å². The summed E-state index contributed by atoms with van der Waals surface area (Å²) in [5.74, 6) is -6.62. The van der Waals surface area contributed by atoms with E-state index in [0.29, 0.717) is 41.1 Å². The number of halogens is 4. The van der Waals surface area contributed by atoms with Crippen molar-refractivity contribution in [3.8, 4) is 0 Å². The topological polar surface area (TPSA) is 97.9 Å². The summed E-state index contributed by atoms with van der Waals surface area (Å²) in [6.45, 7) is 3.15. The third-order valence-corrected chi connectivity index (χ3v) is 8.15. The molecule has 218 valence electrons. The van der Waals surface area contributed by atoms with Gasteiger partial charge in [0, 0.05) is 36.3 Å². The maximum Gasteiger partial charge on any atom is 0.261 e. The molecule has 1 aromatic heterocycles. The van der Waals surface area contributed by atoms with E-state index >= 15 is 0 Å². The first-order chi connectivity index (χ1) is 20.0. The molecule has 1 saturated heterocycles. The molecule has 0 unspecified atom stereocenters. The Balaban J connectivity index is 1.26. The summed E-state index contributed by atoms with van der Waals surface area (Å²) >= 11 is 0. The number of imide groups is 1. The van der Waals surface area contributed by atoms with E-state index in [0.717, 1.165) is 13.1 Å². The van der Waals surface area contributed by atoms with Gasteiger partial charge in [-0.15, -0.1) is 0 Å². The number of amides is 2. The molecule has 0 aliphatic carbocycles. The molecule has 1 fully saturated rings. The van der Waals surface area contributed by atoms with Crippen molar-refractivity contribution in [3.05, 3.63) is 91.9 Å². The molecule has 4 heterocycles. The second-order valence-electron chi connectivity index (χ2n) is 11.1. The van der Waals surface area contributed by atoms with Crippen molar-refractivity contribution < 1.29 is 27.2 Å². The van der Waals surface area contributed by atoms with Gasteiger partial charge in [0.2, 0.25) is 0 Å². The average Bonchev–Trinajstić information content (AvgIpc) is 3.47. The predicted octanol–water partition coefficient (Wildman–Crippen LogP) is 4.34. The van der Waals surface area contributed by atoms with E-state index < -0.39 is 46.9 Å². The van der Waals surface area contributed by atoms with E-state index in [2.05, 4.69) is 20.2 Å². The number of piperidine rings is 1. The second kappa shape index (κ2) is 10.5. The van der Waals surface area contributed by atoms with Crippen molar-refractivity contribution >= 4 is 28.9 Å². The molecule has 1 atom stereocenters. The highest BCUT2D eigenvalue weighted by atomic mass is 19.2. The summed E-state index contributed by atoms with van der Waals surface area (Å²) in [7, 11) is 2.00. The molecule has 2 N–H and O–H groups in total. The van der Waals surface area contributed by atoms with Crippen molar-refractivity contribution in [2.24, 2.45) is 4.99 Å². The number of pyridine rings is 1. The van der Waals surface area contributed by atoms with E-state index in [9.17, 15) is 31.9 Å². The SMILES string of the molecule is C[C@@H](Cc1c(F)c(F)cc(F)c1F)Nc1cc[nH]c(=O)c1C1=Nc2cc3c(cc2C1)C(=O)N(C1CCN(C)CC1)C3=O. The van der Waals surface area contributed by atoms with Crippen LogP contribution >= 0.6 is 0 Å². The van der Waals surface area contributed by atoms with Gasteiger partial charge in [0.05, 0.1) is 33.8 Å². The Hall–Kier alpha value is -4.32. The Morgan fingerprint density at radius 1 is 1.00 bits per heavy atom. The van der Waals surface area contributed by atoms with Crippen molar-refractivity contribution in [1.82, 2.24) is 14.8 Å². The highest BCUT2D eigenvalue weighted by molar-refractivity contribution is 6.22. The monoisotopic (exact) mass is 581 g/mol. The Kier molecular flexibility index (Phi) is 6.96. The van der Waals surface area contributed by atoms with Gasteiger partial charge in [0.1, 0.15) is 0 Å². The van der Waals surface area contributed by atoms with Gasteiger partial charge in [-0.2, -0.15) is 0 Å². The summed E-state index contributed by atoms with van der Waals surface area (Å²) in [6, 6.07) is 4.04. The van der Waals surface area contributed by atoms with Gasteiger partial charge in [-0.1, -0.05) is 0 Å². The molecule has 0 saturated carbocycles. The maximum absolute atomic E-state index is 14.2. The molecular formula is C30H27F4N5O3. The third-order valence-electron chi connectivity index (χ3n) is 8.15. The van der Waals surface area contributed by atoms with Gasteiger partial charge in [0.15, 0.2) is 23.3 Å². The number of fused-ring (bicyclic) bond motifs is 2. The first-order valence-corrected chi connectivity index (χ1v) is 13.6. The number of likely N-dealkylation sites (tertiary alicyclic amines) is 1. The minimum absolute atomic E-state index is 0.153. The lowest BCUT2D eigenvalue weighted by Gasteiger charge is -2.33. The molecule has 3 aromatic rings. The van der Waals surface area contributed by atoms with Crippen molar-refractivity contribution in [3.63, 3.8) is 0 Å². The Labute approximate surface area is 238 Å². The predicted molar refractivity (Wildman–Crippen MR) is 147 cm³/mol. The molecule has 42 heavy (non-hydrogen) atoms. The third kappa shape index (κ3) is 4.69. The number of carbonyl (C=O) groups excluding carboxylic acids is 2. The molecule has 8 nitrogen and oxygen atoms in total. The molecule has 6 rings (SSSR count). The van der Waals surface area contributed by atoms with E-state index in [1.807, 2.05) is 7.05 Å². The van der Waals surface area contributed by atoms with Gasteiger partial charge in [0.25, 0.3) is 17.4 Å². The summed E-state index contributed by atoms with van der Waals surface area (Å²) in [4.78, 5) is 50.3. The van der Waals surface area contributed by atoms with Gasteiger partial charge in [-0.3, -0.25) is 24.3 Å². The molecule has 2 aromatic carbocycles. The summed E-state index contributed by atoms with van der Waals surface area (Å²) in [6.07, 6.45) is 2.60. The van der Waals surface area contributed by atoms with Crippen LogP contribution in [0.1, 0.15) is 57.2 Å². The molecular weight excluding hydrogens is 554 g/mol. The number of benzene rings is 2.